The second kappa shape index (κ2) is 19.1. The third kappa shape index (κ3) is 8.04. The van der Waals surface area contributed by atoms with Crippen molar-refractivity contribution in [2.24, 2.45) is 0 Å². The summed E-state index contributed by atoms with van der Waals surface area (Å²) >= 11 is 0. The average molecular weight is 970 g/mol. The molecule has 13 rings (SSSR count). The van der Waals surface area contributed by atoms with Crippen LogP contribution in [0.2, 0.25) is 0 Å². The minimum atomic E-state index is -3.20. The van der Waals surface area contributed by atoms with Crippen LogP contribution in [0.3, 0.4) is 0 Å². The van der Waals surface area contributed by atoms with Crippen molar-refractivity contribution < 1.29 is 4.57 Å². The smallest absolute Gasteiger partial charge is 0.171 e. The molecule has 0 bridgehead atoms. The van der Waals surface area contributed by atoms with E-state index in [1.165, 1.54) is 36.0 Å². The minimum Gasteiger partial charge on any atom is -0.309 e. The highest BCUT2D eigenvalue weighted by molar-refractivity contribution is 7.85. The fraction of sp³-hybridized carbons (Fsp3) is 0.0870. The number of nitrogens with zero attached hydrogens (tertiary/aromatic N) is 3. The van der Waals surface area contributed by atoms with Gasteiger partial charge < -0.3 is 4.57 Å². The van der Waals surface area contributed by atoms with Crippen molar-refractivity contribution in [1.82, 2.24) is 15.0 Å². The van der Waals surface area contributed by atoms with Crippen LogP contribution in [0.5, 0.6) is 0 Å². The predicted octanol–water partition coefficient (Wildman–Crippen LogP) is 16.6. The summed E-state index contributed by atoms with van der Waals surface area (Å²) in [5.74, 6) is 1.94. The maximum absolute atomic E-state index is 15.6. The topological polar surface area (TPSA) is 55.7 Å². The van der Waals surface area contributed by atoms with Crippen LogP contribution in [-0.2, 0) is 9.98 Å². The average Bonchev–Trinajstić information content (AvgIpc) is 3.49. The lowest BCUT2D eigenvalue weighted by Crippen LogP contribution is -2.30. The lowest BCUT2D eigenvalue weighted by molar-refractivity contribution is 0.346. The Labute approximate surface area is 432 Å². The van der Waals surface area contributed by atoms with Crippen molar-refractivity contribution in [2.75, 3.05) is 0 Å². The molecule has 0 radical (unpaired) electrons. The van der Waals surface area contributed by atoms with Crippen molar-refractivity contribution in [2.45, 2.75) is 37.5 Å². The quantitative estimate of drug-likeness (QED) is 0.101. The van der Waals surface area contributed by atoms with E-state index in [2.05, 4.69) is 188 Å². The number of rotatable bonds is 10. The molecule has 1 fully saturated rings. The summed E-state index contributed by atoms with van der Waals surface area (Å²) < 4.78 is 15.6. The first-order valence-electron chi connectivity index (χ1n) is 25.8. The number of hydrogen-bond acceptors (Lipinski definition) is 4. The van der Waals surface area contributed by atoms with Crippen molar-refractivity contribution in [1.29, 1.82) is 0 Å². The second-order valence-electron chi connectivity index (χ2n) is 19.7. The summed E-state index contributed by atoms with van der Waals surface area (Å²) in [6, 6.07) is 89.4. The van der Waals surface area contributed by atoms with E-state index >= 15 is 4.57 Å². The Morgan fingerprint density at radius 2 is 0.757 bits per heavy atom. The van der Waals surface area contributed by atoms with Gasteiger partial charge >= 0.3 is 0 Å². The van der Waals surface area contributed by atoms with Gasteiger partial charge in [0, 0.05) is 38.0 Å². The summed E-state index contributed by atoms with van der Waals surface area (Å²) in [6.07, 6.45) is 5.72. The molecule has 0 unspecified atom stereocenters. The molecule has 0 saturated heterocycles. The van der Waals surface area contributed by atoms with E-state index in [9.17, 15) is 0 Å². The molecule has 0 amide bonds. The van der Waals surface area contributed by atoms with Crippen LogP contribution in [0, 0.1) is 0 Å². The van der Waals surface area contributed by atoms with Crippen LogP contribution < -0.4 is 15.9 Å². The standard InChI is InChI=1S/C69H52N3OP/c73-74(57-23-7-2-8-24-57,58-25-9-3-10-26-58)64-44-43-59(62-29-15-16-30-63(62)64)50-35-39-55(40-36-50)69(45-17-4-18-46-69)56-41-37-52(38-42-56)67-70-66(51-33-31-49(32-34-51)48-19-5-1-6-20-48)71-68(72-67)65-60-27-13-11-21-53(60)47-54-22-12-14-28-61(54)65/h1-3,5-16,19-44,47H,4,17-18,45-46H2. The predicted molar refractivity (Wildman–Crippen MR) is 309 cm³/mol. The molecule has 0 spiro atoms. The van der Waals surface area contributed by atoms with Crippen LogP contribution in [0.15, 0.2) is 255 Å². The fourth-order valence-corrected chi connectivity index (χ4v) is 14.6. The lowest BCUT2D eigenvalue weighted by atomic mass is 9.65. The Balaban J connectivity index is 0.882. The SMILES string of the molecule is O=P(c1ccccc1)(c1ccccc1)c1ccc(-c2ccc(C3(c4ccc(-c5nc(-c6ccc(-c7ccccc7)cc6)nc(-c6c7ccccc7cc7ccccc67)n5)cc4)CCCCC3)cc2)c2ccccc12. The van der Waals surface area contributed by atoms with Crippen LogP contribution in [-0.4, -0.2) is 15.0 Å². The van der Waals surface area contributed by atoms with Gasteiger partial charge in [0.1, 0.15) is 0 Å². The van der Waals surface area contributed by atoms with Crippen LogP contribution >= 0.6 is 7.14 Å². The van der Waals surface area contributed by atoms with E-state index in [4.69, 9.17) is 15.0 Å². The summed E-state index contributed by atoms with van der Waals surface area (Å²) in [6.45, 7) is 0. The summed E-state index contributed by atoms with van der Waals surface area (Å²) in [5, 5.41) is 9.14. The molecule has 5 heteroatoms. The summed E-state index contributed by atoms with van der Waals surface area (Å²) in [4.78, 5) is 15.9. The van der Waals surface area contributed by atoms with Gasteiger partial charge in [0.05, 0.1) is 0 Å². The lowest BCUT2D eigenvalue weighted by Gasteiger charge is -2.39. The van der Waals surface area contributed by atoms with Gasteiger partial charge in [-0.2, -0.15) is 0 Å². The van der Waals surface area contributed by atoms with E-state index in [1.807, 2.05) is 66.7 Å². The van der Waals surface area contributed by atoms with Gasteiger partial charge in [0.25, 0.3) is 0 Å². The Morgan fingerprint density at radius 1 is 0.338 bits per heavy atom. The Hall–Kier alpha value is -8.56. The molecule has 0 N–H and O–H groups in total. The maximum Gasteiger partial charge on any atom is 0.171 e. The fourth-order valence-electron chi connectivity index (χ4n) is 11.8. The monoisotopic (exact) mass is 969 g/mol. The number of fused-ring (bicyclic) bond motifs is 3. The van der Waals surface area contributed by atoms with E-state index in [1.54, 1.807) is 0 Å². The first kappa shape index (κ1) is 45.3. The van der Waals surface area contributed by atoms with Gasteiger partial charge in [-0.15, -0.1) is 0 Å². The normalized spacial score (nSPS) is 13.6. The Bertz CT molecular complexity index is 3940. The van der Waals surface area contributed by atoms with E-state index in [0.29, 0.717) is 17.5 Å². The maximum atomic E-state index is 15.6. The first-order chi connectivity index (χ1) is 36.5. The van der Waals surface area contributed by atoms with Crippen LogP contribution in [0.1, 0.15) is 43.2 Å². The summed E-state index contributed by atoms with van der Waals surface area (Å²) in [5.41, 5.74) is 9.97. The molecule has 1 saturated carbocycles. The molecule has 0 aliphatic heterocycles. The zero-order valence-electron chi connectivity index (χ0n) is 41.0. The highest BCUT2D eigenvalue weighted by Gasteiger charge is 2.36. The molecule has 1 aliphatic rings. The van der Waals surface area contributed by atoms with Crippen LogP contribution in [0.4, 0.5) is 0 Å². The van der Waals surface area contributed by atoms with E-state index in [0.717, 1.165) is 94.5 Å². The summed E-state index contributed by atoms with van der Waals surface area (Å²) in [7, 11) is -3.20. The van der Waals surface area contributed by atoms with E-state index in [-0.39, 0.29) is 5.41 Å². The zero-order valence-corrected chi connectivity index (χ0v) is 41.9. The van der Waals surface area contributed by atoms with Crippen molar-refractivity contribution >= 4 is 55.4 Å². The largest absolute Gasteiger partial charge is 0.309 e. The molecule has 1 heterocycles. The van der Waals surface area contributed by atoms with Gasteiger partial charge in [-0.3, -0.25) is 0 Å². The first-order valence-corrected chi connectivity index (χ1v) is 27.5. The molecule has 1 aliphatic carbocycles. The minimum absolute atomic E-state index is 0.142. The van der Waals surface area contributed by atoms with Crippen molar-refractivity contribution in [3.63, 3.8) is 0 Å². The van der Waals surface area contributed by atoms with Crippen molar-refractivity contribution in [3.8, 4) is 56.4 Å². The molecule has 4 nitrogen and oxygen atoms in total. The third-order valence-corrected chi connectivity index (χ3v) is 18.6. The van der Waals surface area contributed by atoms with Gasteiger partial charge in [0.2, 0.25) is 0 Å². The van der Waals surface area contributed by atoms with Gasteiger partial charge in [0.15, 0.2) is 24.6 Å². The zero-order chi connectivity index (χ0) is 49.5. The highest BCUT2D eigenvalue weighted by atomic mass is 31.2. The number of aromatic nitrogens is 3. The Morgan fingerprint density at radius 3 is 1.31 bits per heavy atom. The van der Waals surface area contributed by atoms with Crippen LogP contribution in [0.25, 0.3) is 88.7 Å². The molecular weight excluding hydrogens is 918 g/mol. The number of benzene rings is 11. The van der Waals surface area contributed by atoms with Gasteiger partial charge in [-0.05, 0) is 90.7 Å². The van der Waals surface area contributed by atoms with Gasteiger partial charge in [-0.25, -0.2) is 15.0 Å². The molecule has 74 heavy (non-hydrogen) atoms. The number of hydrogen-bond donors (Lipinski definition) is 0. The molecule has 11 aromatic carbocycles. The van der Waals surface area contributed by atoms with Crippen molar-refractivity contribution in [3.05, 3.63) is 266 Å². The molecule has 354 valence electrons. The second-order valence-corrected chi connectivity index (χ2v) is 22.4. The highest BCUT2D eigenvalue weighted by Crippen LogP contribution is 2.48. The molecule has 1 aromatic heterocycles. The molecule has 0 atom stereocenters. The van der Waals surface area contributed by atoms with Gasteiger partial charge in [-0.1, -0.05) is 262 Å². The van der Waals surface area contributed by atoms with E-state index < -0.39 is 7.14 Å². The Kier molecular flexibility index (Phi) is 11.7. The molecular formula is C69H52N3OP. The molecule has 12 aromatic rings. The third-order valence-electron chi connectivity index (χ3n) is 15.5.